The van der Waals surface area contributed by atoms with Crippen molar-refractivity contribution in [2.45, 2.75) is 38.5 Å². The molecule has 5 nitrogen and oxygen atoms in total. The first-order valence-electron chi connectivity index (χ1n) is 9.59. The normalized spacial score (nSPS) is 10.9. The highest BCUT2D eigenvalue weighted by molar-refractivity contribution is 9.10. The van der Waals surface area contributed by atoms with Crippen LogP contribution in [0.15, 0.2) is 58.2 Å². The number of benzene rings is 2. The number of amides is 1. The lowest BCUT2D eigenvalue weighted by Gasteiger charge is -2.17. The van der Waals surface area contributed by atoms with E-state index < -0.39 is 0 Å². The fraction of sp³-hybridized carbons (Fsp3) is 0.318. The second-order valence-corrected chi connectivity index (χ2v) is 8.85. The number of halogens is 1. The number of hydrogen-bond donors (Lipinski definition) is 0. The number of nitrogens with zero attached hydrogens (tertiary/aromatic N) is 4. The third kappa shape index (κ3) is 5.70. The third-order valence-corrected chi connectivity index (χ3v) is 6.00. The molecule has 3 rings (SSSR count). The van der Waals surface area contributed by atoms with E-state index in [1.54, 1.807) is 4.90 Å². The number of thioether (sulfide) groups is 1. The zero-order valence-electron chi connectivity index (χ0n) is 16.9. The first kappa shape index (κ1) is 21.6. The molecule has 0 unspecified atom stereocenters. The number of carbonyl (C=O) groups is 1. The molecule has 0 bridgehead atoms. The molecule has 1 aromatic heterocycles. The molecule has 1 heterocycles. The summed E-state index contributed by atoms with van der Waals surface area (Å²) in [4.78, 5) is 14.4. The van der Waals surface area contributed by atoms with Crippen LogP contribution in [0, 0.1) is 6.92 Å². The molecule has 0 N–H and O–H groups in total. The van der Waals surface area contributed by atoms with Crippen molar-refractivity contribution in [3.8, 4) is 11.4 Å². The maximum Gasteiger partial charge on any atom is 0.233 e. The molecule has 0 saturated heterocycles. The zero-order valence-corrected chi connectivity index (χ0v) is 19.3. The first-order valence-corrected chi connectivity index (χ1v) is 11.4. The van der Waals surface area contributed by atoms with Crippen LogP contribution in [0.2, 0.25) is 0 Å². The van der Waals surface area contributed by atoms with Crippen molar-refractivity contribution >= 4 is 33.6 Å². The molecule has 0 atom stereocenters. The van der Waals surface area contributed by atoms with E-state index in [1.807, 2.05) is 37.4 Å². The highest BCUT2D eigenvalue weighted by Crippen LogP contribution is 2.25. The van der Waals surface area contributed by atoms with Crippen LogP contribution in [0.5, 0.6) is 0 Å². The summed E-state index contributed by atoms with van der Waals surface area (Å²) in [6.07, 6.45) is 0.974. The maximum absolute atomic E-state index is 12.6. The van der Waals surface area contributed by atoms with Crippen LogP contribution in [-0.2, 0) is 17.9 Å². The molecule has 0 spiro atoms. The number of hydrogen-bond acceptors (Lipinski definition) is 4. The van der Waals surface area contributed by atoms with E-state index in [0.717, 1.165) is 39.5 Å². The predicted octanol–water partition coefficient (Wildman–Crippen LogP) is 5.18. The van der Waals surface area contributed by atoms with Crippen LogP contribution in [0.3, 0.4) is 0 Å². The highest BCUT2D eigenvalue weighted by atomic mass is 79.9. The van der Waals surface area contributed by atoms with Gasteiger partial charge in [0, 0.05) is 30.2 Å². The standard InChI is InChI=1S/C22H25BrN4OS/c1-4-12-27-21(18-7-5-6-16(2)13-18)24-25-22(27)29-15-20(28)26(3)14-17-8-10-19(23)11-9-17/h5-11,13H,4,12,14-15H2,1-3H3. The topological polar surface area (TPSA) is 51.0 Å². The van der Waals surface area contributed by atoms with E-state index >= 15 is 0 Å². The molecule has 3 aromatic rings. The van der Waals surface area contributed by atoms with Gasteiger partial charge in [-0.05, 0) is 37.1 Å². The molecule has 0 saturated carbocycles. The van der Waals surface area contributed by atoms with Gasteiger partial charge in [-0.15, -0.1) is 10.2 Å². The predicted molar refractivity (Wildman–Crippen MR) is 122 cm³/mol. The summed E-state index contributed by atoms with van der Waals surface area (Å²) in [6.45, 7) is 5.61. The van der Waals surface area contributed by atoms with Crippen molar-refractivity contribution < 1.29 is 4.79 Å². The van der Waals surface area contributed by atoms with E-state index in [4.69, 9.17) is 0 Å². The van der Waals surface area contributed by atoms with Crippen molar-refractivity contribution in [3.05, 3.63) is 64.1 Å². The Hall–Kier alpha value is -2.12. The van der Waals surface area contributed by atoms with Crippen molar-refractivity contribution in [3.63, 3.8) is 0 Å². The Morgan fingerprint density at radius 3 is 2.62 bits per heavy atom. The van der Waals surface area contributed by atoms with Gasteiger partial charge in [0.1, 0.15) is 0 Å². The summed E-state index contributed by atoms with van der Waals surface area (Å²) in [6, 6.07) is 16.3. The average molecular weight is 473 g/mol. The van der Waals surface area contributed by atoms with Gasteiger partial charge in [0.25, 0.3) is 0 Å². The van der Waals surface area contributed by atoms with Crippen molar-refractivity contribution in [1.29, 1.82) is 0 Å². The van der Waals surface area contributed by atoms with Gasteiger partial charge in [-0.2, -0.15) is 0 Å². The zero-order chi connectivity index (χ0) is 20.8. The molecule has 7 heteroatoms. The van der Waals surface area contributed by atoms with Gasteiger partial charge >= 0.3 is 0 Å². The molecule has 1 amide bonds. The second kappa shape index (κ2) is 10.1. The minimum atomic E-state index is 0.0704. The number of carbonyl (C=O) groups excluding carboxylic acids is 1. The summed E-state index contributed by atoms with van der Waals surface area (Å²) in [5.41, 5.74) is 3.34. The molecular formula is C22H25BrN4OS. The molecule has 0 radical (unpaired) electrons. The summed E-state index contributed by atoms with van der Waals surface area (Å²) < 4.78 is 3.15. The van der Waals surface area contributed by atoms with Crippen LogP contribution in [0.25, 0.3) is 11.4 Å². The number of rotatable bonds is 8. The van der Waals surface area contributed by atoms with Crippen LogP contribution in [-0.4, -0.2) is 38.4 Å². The fourth-order valence-electron chi connectivity index (χ4n) is 3.01. The fourth-order valence-corrected chi connectivity index (χ4v) is 4.18. The minimum absolute atomic E-state index is 0.0704. The van der Waals surface area contributed by atoms with Gasteiger partial charge in [0.05, 0.1) is 5.75 Å². The molecular weight excluding hydrogens is 448 g/mol. The molecule has 0 aliphatic rings. The second-order valence-electron chi connectivity index (χ2n) is 6.99. The Labute approximate surface area is 184 Å². The summed E-state index contributed by atoms with van der Waals surface area (Å²) in [5.74, 6) is 1.26. The van der Waals surface area contributed by atoms with Crippen LogP contribution in [0.4, 0.5) is 0 Å². The van der Waals surface area contributed by atoms with Gasteiger partial charge < -0.3 is 9.47 Å². The molecule has 29 heavy (non-hydrogen) atoms. The Morgan fingerprint density at radius 2 is 1.93 bits per heavy atom. The van der Waals surface area contributed by atoms with E-state index in [-0.39, 0.29) is 5.91 Å². The number of aromatic nitrogens is 3. The van der Waals surface area contributed by atoms with Crippen LogP contribution in [0.1, 0.15) is 24.5 Å². The minimum Gasteiger partial charge on any atom is -0.341 e. The van der Waals surface area contributed by atoms with E-state index in [1.165, 1.54) is 17.3 Å². The Kier molecular flexibility index (Phi) is 7.50. The summed E-state index contributed by atoms with van der Waals surface area (Å²) >= 11 is 4.88. The Balaban J connectivity index is 1.68. The average Bonchev–Trinajstić information content (AvgIpc) is 3.11. The molecule has 152 valence electrons. The summed E-state index contributed by atoms with van der Waals surface area (Å²) in [5, 5.41) is 9.56. The summed E-state index contributed by atoms with van der Waals surface area (Å²) in [7, 11) is 1.83. The largest absolute Gasteiger partial charge is 0.341 e. The van der Waals surface area contributed by atoms with Crippen molar-refractivity contribution in [2.24, 2.45) is 0 Å². The molecule has 2 aromatic carbocycles. The number of aryl methyl sites for hydroxylation is 1. The van der Waals surface area contributed by atoms with Crippen molar-refractivity contribution in [1.82, 2.24) is 19.7 Å². The third-order valence-electron chi connectivity index (χ3n) is 4.52. The van der Waals surface area contributed by atoms with Gasteiger partial charge in [0.2, 0.25) is 5.91 Å². The molecule has 0 aliphatic carbocycles. The van der Waals surface area contributed by atoms with Crippen LogP contribution < -0.4 is 0 Å². The quantitative estimate of drug-likeness (QED) is 0.424. The van der Waals surface area contributed by atoms with Gasteiger partial charge in [-0.1, -0.05) is 70.5 Å². The van der Waals surface area contributed by atoms with Crippen molar-refractivity contribution in [2.75, 3.05) is 12.8 Å². The Morgan fingerprint density at radius 1 is 1.17 bits per heavy atom. The smallest absolute Gasteiger partial charge is 0.233 e. The van der Waals surface area contributed by atoms with Crippen LogP contribution >= 0.6 is 27.7 Å². The van der Waals surface area contributed by atoms with E-state index in [2.05, 4.69) is 62.7 Å². The molecule has 0 aliphatic heterocycles. The van der Waals surface area contributed by atoms with E-state index in [9.17, 15) is 4.79 Å². The monoisotopic (exact) mass is 472 g/mol. The maximum atomic E-state index is 12.6. The SMILES string of the molecule is CCCn1c(SCC(=O)N(C)Cc2ccc(Br)cc2)nnc1-c1cccc(C)c1. The van der Waals surface area contributed by atoms with E-state index in [0.29, 0.717) is 12.3 Å². The lowest BCUT2D eigenvalue weighted by atomic mass is 10.1. The van der Waals surface area contributed by atoms with Gasteiger partial charge in [0.15, 0.2) is 11.0 Å². The molecule has 0 fully saturated rings. The Bertz CT molecular complexity index is 971. The van der Waals surface area contributed by atoms with Gasteiger partial charge in [-0.25, -0.2) is 0 Å². The lowest BCUT2D eigenvalue weighted by Crippen LogP contribution is -2.27. The highest BCUT2D eigenvalue weighted by Gasteiger charge is 2.17. The first-order chi connectivity index (χ1) is 14.0. The van der Waals surface area contributed by atoms with Gasteiger partial charge in [-0.3, -0.25) is 4.79 Å². The lowest BCUT2D eigenvalue weighted by molar-refractivity contribution is -0.127.